The highest BCUT2D eigenvalue weighted by Crippen LogP contribution is 2.40. The largest absolute Gasteiger partial charge is 0.356 e. The lowest BCUT2D eigenvalue weighted by atomic mass is 10.0. The normalized spacial score (nSPS) is 17.3. The standard InChI is InChI=1S/C19H20N6OS/c26-18(14-10-20-6-7-21-14)24-12-4-8-25(9-5-12)17-16-13-2-1-3-15(13)27-19(16)23-11-22-17/h6-7,10-12H,1-5,8-9H2,(H,24,26). The minimum atomic E-state index is -0.151. The van der Waals surface area contributed by atoms with Gasteiger partial charge in [0.1, 0.15) is 22.7 Å². The van der Waals surface area contributed by atoms with E-state index in [1.807, 2.05) is 11.3 Å². The molecule has 0 bridgehead atoms. The third-order valence-electron chi connectivity index (χ3n) is 5.41. The number of hydrogen-bond acceptors (Lipinski definition) is 7. The fraction of sp³-hybridized carbons (Fsp3) is 0.421. The van der Waals surface area contributed by atoms with E-state index in [9.17, 15) is 4.79 Å². The highest BCUT2D eigenvalue weighted by atomic mass is 32.1. The van der Waals surface area contributed by atoms with Gasteiger partial charge in [0.25, 0.3) is 5.91 Å². The van der Waals surface area contributed by atoms with Crippen molar-refractivity contribution in [3.63, 3.8) is 0 Å². The number of carbonyl (C=O) groups is 1. The summed E-state index contributed by atoms with van der Waals surface area (Å²) in [5.74, 6) is 0.916. The zero-order valence-corrected chi connectivity index (χ0v) is 15.7. The van der Waals surface area contributed by atoms with E-state index in [1.54, 1.807) is 12.5 Å². The summed E-state index contributed by atoms with van der Waals surface area (Å²) in [6, 6.07) is 0.154. The van der Waals surface area contributed by atoms with Crippen LogP contribution in [0, 0.1) is 0 Å². The fourth-order valence-electron chi connectivity index (χ4n) is 4.06. The van der Waals surface area contributed by atoms with Gasteiger partial charge in [0.15, 0.2) is 0 Å². The zero-order valence-electron chi connectivity index (χ0n) is 14.9. The van der Waals surface area contributed by atoms with Crippen molar-refractivity contribution in [2.24, 2.45) is 0 Å². The lowest BCUT2D eigenvalue weighted by Crippen LogP contribution is -2.45. The molecule has 138 valence electrons. The topological polar surface area (TPSA) is 83.9 Å². The van der Waals surface area contributed by atoms with Crippen LogP contribution in [-0.4, -0.2) is 45.0 Å². The van der Waals surface area contributed by atoms with Crippen LogP contribution < -0.4 is 10.2 Å². The number of nitrogens with one attached hydrogen (secondary N) is 1. The predicted molar refractivity (Wildman–Crippen MR) is 104 cm³/mol. The molecule has 0 saturated carbocycles. The molecule has 2 aliphatic rings. The van der Waals surface area contributed by atoms with Crippen LogP contribution in [0.2, 0.25) is 0 Å². The molecule has 4 heterocycles. The quantitative estimate of drug-likeness (QED) is 0.751. The van der Waals surface area contributed by atoms with Gasteiger partial charge in [0.2, 0.25) is 0 Å². The van der Waals surface area contributed by atoms with Crippen LogP contribution in [0.15, 0.2) is 24.9 Å². The van der Waals surface area contributed by atoms with E-state index in [0.29, 0.717) is 5.69 Å². The molecule has 27 heavy (non-hydrogen) atoms. The first-order valence-corrected chi connectivity index (χ1v) is 10.2. The van der Waals surface area contributed by atoms with E-state index < -0.39 is 0 Å². The van der Waals surface area contributed by atoms with Gasteiger partial charge in [0.05, 0.1) is 11.6 Å². The lowest BCUT2D eigenvalue weighted by molar-refractivity contribution is 0.0925. The lowest BCUT2D eigenvalue weighted by Gasteiger charge is -2.33. The van der Waals surface area contributed by atoms with Crippen molar-refractivity contribution in [1.29, 1.82) is 0 Å². The van der Waals surface area contributed by atoms with Crippen LogP contribution in [0.5, 0.6) is 0 Å². The zero-order chi connectivity index (χ0) is 18.2. The Morgan fingerprint density at radius 1 is 1.15 bits per heavy atom. The molecular weight excluding hydrogens is 360 g/mol. The Morgan fingerprint density at radius 3 is 2.85 bits per heavy atom. The van der Waals surface area contributed by atoms with Gasteiger partial charge in [-0.1, -0.05) is 0 Å². The summed E-state index contributed by atoms with van der Waals surface area (Å²) in [6.07, 6.45) is 11.6. The molecule has 1 aliphatic heterocycles. The van der Waals surface area contributed by atoms with Crippen molar-refractivity contribution in [3.8, 4) is 0 Å². The summed E-state index contributed by atoms with van der Waals surface area (Å²) in [7, 11) is 0. The average molecular weight is 380 g/mol. The number of anilines is 1. The Balaban J connectivity index is 1.30. The first kappa shape index (κ1) is 16.6. The smallest absolute Gasteiger partial charge is 0.271 e. The molecule has 0 atom stereocenters. The molecule has 7 nitrogen and oxygen atoms in total. The molecule has 0 radical (unpaired) electrons. The number of aromatic nitrogens is 4. The molecule has 1 aliphatic carbocycles. The van der Waals surface area contributed by atoms with Crippen molar-refractivity contribution in [3.05, 3.63) is 41.1 Å². The molecule has 1 saturated heterocycles. The molecule has 1 N–H and O–H groups in total. The number of carbonyl (C=O) groups excluding carboxylic acids is 1. The number of rotatable bonds is 3. The maximum atomic E-state index is 12.3. The van der Waals surface area contributed by atoms with Crippen LogP contribution in [-0.2, 0) is 12.8 Å². The van der Waals surface area contributed by atoms with Gasteiger partial charge in [-0.25, -0.2) is 15.0 Å². The van der Waals surface area contributed by atoms with Crippen molar-refractivity contribution in [1.82, 2.24) is 25.3 Å². The van der Waals surface area contributed by atoms with Gasteiger partial charge in [-0.3, -0.25) is 9.78 Å². The minimum absolute atomic E-state index is 0.151. The molecule has 3 aromatic heterocycles. The van der Waals surface area contributed by atoms with Crippen LogP contribution in [0.1, 0.15) is 40.2 Å². The van der Waals surface area contributed by atoms with Gasteiger partial charge in [-0.15, -0.1) is 11.3 Å². The summed E-state index contributed by atoms with van der Waals surface area (Å²) in [6.45, 7) is 1.75. The molecule has 3 aromatic rings. The second kappa shape index (κ2) is 6.84. The third kappa shape index (κ3) is 3.03. The number of hydrogen-bond donors (Lipinski definition) is 1. The minimum Gasteiger partial charge on any atom is -0.356 e. The van der Waals surface area contributed by atoms with Crippen LogP contribution in [0.25, 0.3) is 10.2 Å². The Hall–Kier alpha value is -2.61. The van der Waals surface area contributed by atoms with E-state index in [2.05, 4.69) is 30.2 Å². The van der Waals surface area contributed by atoms with Crippen LogP contribution in [0.4, 0.5) is 5.82 Å². The van der Waals surface area contributed by atoms with Crippen molar-refractivity contribution >= 4 is 33.3 Å². The maximum absolute atomic E-state index is 12.3. The van der Waals surface area contributed by atoms with E-state index in [0.717, 1.165) is 43.0 Å². The molecule has 0 unspecified atom stereocenters. The molecule has 1 fully saturated rings. The molecule has 0 aromatic carbocycles. The molecule has 0 spiro atoms. The fourth-order valence-corrected chi connectivity index (χ4v) is 5.29. The highest BCUT2D eigenvalue weighted by molar-refractivity contribution is 7.19. The monoisotopic (exact) mass is 380 g/mol. The van der Waals surface area contributed by atoms with E-state index in [1.165, 1.54) is 41.1 Å². The number of piperidine rings is 1. The van der Waals surface area contributed by atoms with Gasteiger partial charge in [-0.05, 0) is 37.7 Å². The Labute approximate surface area is 160 Å². The highest BCUT2D eigenvalue weighted by Gasteiger charge is 2.27. The Kier molecular flexibility index (Phi) is 4.20. The molecular formula is C19H20N6OS. The third-order valence-corrected chi connectivity index (χ3v) is 6.61. The number of amides is 1. The van der Waals surface area contributed by atoms with Gasteiger partial charge in [-0.2, -0.15) is 0 Å². The van der Waals surface area contributed by atoms with Crippen molar-refractivity contribution < 1.29 is 4.79 Å². The van der Waals surface area contributed by atoms with Crippen LogP contribution >= 0.6 is 11.3 Å². The van der Waals surface area contributed by atoms with Crippen molar-refractivity contribution in [2.75, 3.05) is 18.0 Å². The number of thiophene rings is 1. The van der Waals surface area contributed by atoms with E-state index >= 15 is 0 Å². The Bertz CT molecular complexity index is 981. The SMILES string of the molecule is O=C(NC1CCN(c2ncnc3sc4c(c23)CCC4)CC1)c1cnccn1. The maximum Gasteiger partial charge on any atom is 0.271 e. The van der Waals surface area contributed by atoms with Gasteiger partial charge < -0.3 is 10.2 Å². The first-order valence-electron chi connectivity index (χ1n) is 9.36. The number of aryl methyl sites for hydroxylation is 2. The summed E-state index contributed by atoms with van der Waals surface area (Å²) in [5.41, 5.74) is 1.83. The van der Waals surface area contributed by atoms with Crippen molar-refractivity contribution in [2.45, 2.75) is 38.1 Å². The number of nitrogens with zero attached hydrogens (tertiary/aromatic N) is 5. The Morgan fingerprint density at radius 2 is 2.04 bits per heavy atom. The summed E-state index contributed by atoms with van der Waals surface area (Å²) < 4.78 is 0. The molecule has 1 amide bonds. The second-order valence-corrected chi connectivity index (χ2v) is 8.14. The van der Waals surface area contributed by atoms with E-state index in [4.69, 9.17) is 0 Å². The molecule has 8 heteroatoms. The second-order valence-electron chi connectivity index (χ2n) is 7.06. The first-order chi connectivity index (χ1) is 13.3. The van der Waals surface area contributed by atoms with E-state index in [-0.39, 0.29) is 11.9 Å². The summed E-state index contributed by atoms with van der Waals surface area (Å²) >= 11 is 1.82. The average Bonchev–Trinajstić information content (AvgIpc) is 3.30. The van der Waals surface area contributed by atoms with Gasteiger partial charge in [0, 0.05) is 36.4 Å². The van der Waals surface area contributed by atoms with Gasteiger partial charge >= 0.3 is 0 Å². The number of fused-ring (bicyclic) bond motifs is 3. The van der Waals surface area contributed by atoms with Crippen LogP contribution in [0.3, 0.4) is 0 Å². The summed E-state index contributed by atoms with van der Waals surface area (Å²) in [5, 5.41) is 4.34. The predicted octanol–water partition coefficient (Wildman–Crippen LogP) is 2.37. The molecule has 5 rings (SSSR count). The summed E-state index contributed by atoms with van der Waals surface area (Å²) in [4.78, 5) is 34.4.